The lowest BCUT2D eigenvalue weighted by Gasteiger charge is -2.37. The molecular formula is C14H24N2. The van der Waals surface area contributed by atoms with Crippen LogP contribution >= 0.6 is 0 Å². The molecule has 2 aliphatic rings. The van der Waals surface area contributed by atoms with Crippen molar-refractivity contribution in [2.75, 3.05) is 27.2 Å². The average molecular weight is 220 g/mol. The summed E-state index contributed by atoms with van der Waals surface area (Å²) in [4.78, 5) is 5.06. The first-order valence-corrected chi connectivity index (χ1v) is 6.21. The minimum Gasteiger partial charge on any atom is -0.284 e. The Morgan fingerprint density at radius 1 is 1.12 bits per heavy atom. The first-order valence-electron chi connectivity index (χ1n) is 6.21. The molecular weight excluding hydrogens is 196 g/mol. The Labute approximate surface area is 99.6 Å². The van der Waals surface area contributed by atoms with Crippen molar-refractivity contribution in [1.82, 2.24) is 9.80 Å². The lowest BCUT2D eigenvalue weighted by atomic mass is 9.98. The van der Waals surface area contributed by atoms with E-state index < -0.39 is 0 Å². The predicted molar refractivity (Wildman–Crippen MR) is 69.4 cm³/mol. The monoisotopic (exact) mass is 220 g/mol. The molecule has 0 radical (unpaired) electrons. The molecule has 16 heavy (non-hydrogen) atoms. The largest absolute Gasteiger partial charge is 0.284 e. The van der Waals surface area contributed by atoms with Crippen molar-refractivity contribution in [2.45, 2.75) is 39.3 Å². The van der Waals surface area contributed by atoms with Crippen LogP contribution in [0.25, 0.3) is 0 Å². The molecule has 0 aromatic carbocycles. The van der Waals surface area contributed by atoms with Gasteiger partial charge in [0.15, 0.2) is 0 Å². The third-order valence-electron chi connectivity index (χ3n) is 4.41. The van der Waals surface area contributed by atoms with Crippen molar-refractivity contribution in [1.29, 1.82) is 0 Å². The quantitative estimate of drug-likeness (QED) is 0.579. The molecule has 2 fully saturated rings. The molecule has 2 heteroatoms. The van der Waals surface area contributed by atoms with E-state index in [1.54, 1.807) is 11.1 Å². The number of nitrogens with zero attached hydrogens (tertiary/aromatic N) is 2. The van der Waals surface area contributed by atoms with Gasteiger partial charge in [0.25, 0.3) is 0 Å². The molecule has 1 spiro atoms. The SMILES string of the molecule is C/C=C1/CN(C)C2(CC(=C(C)C)CN2C)C1. The predicted octanol–water partition coefficient (Wildman–Crippen LogP) is 2.64. The maximum Gasteiger partial charge on any atom is 0.0815 e. The van der Waals surface area contributed by atoms with Crippen molar-refractivity contribution in [3.63, 3.8) is 0 Å². The summed E-state index contributed by atoms with van der Waals surface area (Å²) in [6.07, 6.45) is 4.73. The second-order valence-electron chi connectivity index (χ2n) is 5.60. The summed E-state index contributed by atoms with van der Waals surface area (Å²) in [7, 11) is 4.53. The molecule has 2 aliphatic heterocycles. The number of hydrogen-bond acceptors (Lipinski definition) is 2. The summed E-state index contributed by atoms with van der Waals surface area (Å²) in [6, 6.07) is 0. The van der Waals surface area contributed by atoms with Gasteiger partial charge in [-0.15, -0.1) is 0 Å². The zero-order valence-electron chi connectivity index (χ0n) is 11.3. The van der Waals surface area contributed by atoms with Crippen LogP contribution in [0.2, 0.25) is 0 Å². The summed E-state index contributed by atoms with van der Waals surface area (Å²) in [5.41, 5.74) is 5.00. The van der Waals surface area contributed by atoms with Gasteiger partial charge in [0.05, 0.1) is 5.66 Å². The smallest absolute Gasteiger partial charge is 0.0815 e. The van der Waals surface area contributed by atoms with Crippen LogP contribution in [-0.4, -0.2) is 42.6 Å². The molecule has 0 aromatic heterocycles. The third kappa shape index (κ3) is 1.64. The van der Waals surface area contributed by atoms with E-state index >= 15 is 0 Å². The molecule has 1 atom stereocenters. The fraction of sp³-hybridized carbons (Fsp3) is 0.714. The zero-order chi connectivity index (χ0) is 11.9. The molecule has 0 aromatic rings. The standard InChI is InChI=1S/C14H24N2/c1-6-12-7-14(15(4)9-12)8-13(11(2)3)10-16(14)5/h6H,7-10H2,1-5H3/b12-6+. The summed E-state index contributed by atoms with van der Waals surface area (Å²) >= 11 is 0. The van der Waals surface area contributed by atoms with Crippen molar-refractivity contribution in [3.8, 4) is 0 Å². The summed E-state index contributed by atoms with van der Waals surface area (Å²) < 4.78 is 0. The van der Waals surface area contributed by atoms with E-state index in [0.717, 1.165) is 13.1 Å². The van der Waals surface area contributed by atoms with Crippen molar-refractivity contribution < 1.29 is 0 Å². The number of likely N-dealkylation sites (tertiary alicyclic amines) is 2. The molecule has 2 saturated heterocycles. The van der Waals surface area contributed by atoms with Gasteiger partial charge in [0.1, 0.15) is 0 Å². The lowest BCUT2D eigenvalue weighted by molar-refractivity contribution is 0.0391. The van der Waals surface area contributed by atoms with Crippen LogP contribution < -0.4 is 0 Å². The fourth-order valence-electron chi connectivity index (χ4n) is 3.12. The Balaban J connectivity index is 2.31. The number of allylic oxidation sites excluding steroid dienone is 2. The Bertz CT molecular complexity index is 350. The van der Waals surface area contributed by atoms with Gasteiger partial charge in [-0.1, -0.05) is 22.8 Å². The van der Waals surface area contributed by atoms with E-state index in [-0.39, 0.29) is 5.66 Å². The second kappa shape index (κ2) is 4.01. The van der Waals surface area contributed by atoms with Gasteiger partial charge in [0, 0.05) is 25.9 Å². The molecule has 0 N–H and O–H groups in total. The van der Waals surface area contributed by atoms with Crippen LogP contribution in [0.4, 0.5) is 0 Å². The molecule has 2 rings (SSSR count). The van der Waals surface area contributed by atoms with Gasteiger partial charge in [-0.2, -0.15) is 0 Å². The first-order chi connectivity index (χ1) is 7.49. The van der Waals surface area contributed by atoms with Crippen LogP contribution in [0.15, 0.2) is 22.8 Å². The van der Waals surface area contributed by atoms with Crippen LogP contribution in [0.5, 0.6) is 0 Å². The average Bonchev–Trinajstić information content (AvgIpc) is 2.72. The van der Waals surface area contributed by atoms with E-state index in [4.69, 9.17) is 0 Å². The highest BCUT2D eigenvalue weighted by molar-refractivity contribution is 5.27. The van der Waals surface area contributed by atoms with Crippen LogP contribution in [0.3, 0.4) is 0 Å². The van der Waals surface area contributed by atoms with Crippen LogP contribution in [0.1, 0.15) is 33.6 Å². The van der Waals surface area contributed by atoms with Gasteiger partial charge in [-0.05, 0) is 34.9 Å². The molecule has 1 unspecified atom stereocenters. The van der Waals surface area contributed by atoms with E-state index in [0.29, 0.717) is 0 Å². The van der Waals surface area contributed by atoms with Crippen LogP contribution in [-0.2, 0) is 0 Å². The van der Waals surface area contributed by atoms with E-state index in [9.17, 15) is 0 Å². The summed E-state index contributed by atoms with van der Waals surface area (Å²) in [5, 5.41) is 0. The first kappa shape index (κ1) is 11.9. The molecule has 2 nitrogen and oxygen atoms in total. The molecule has 90 valence electrons. The van der Waals surface area contributed by atoms with E-state index in [1.807, 2.05) is 0 Å². The van der Waals surface area contributed by atoms with Crippen molar-refractivity contribution >= 4 is 0 Å². The minimum absolute atomic E-state index is 0.272. The van der Waals surface area contributed by atoms with Gasteiger partial charge in [-0.25, -0.2) is 0 Å². The maximum absolute atomic E-state index is 2.53. The van der Waals surface area contributed by atoms with Gasteiger partial charge < -0.3 is 0 Å². The highest BCUT2D eigenvalue weighted by atomic mass is 15.4. The molecule has 0 aliphatic carbocycles. The molecule has 0 bridgehead atoms. The minimum atomic E-state index is 0.272. The molecule has 2 heterocycles. The normalized spacial score (nSPS) is 34.6. The van der Waals surface area contributed by atoms with Crippen LogP contribution in [0, 0.1) is 0 Å². The Hall–Kier alpha value is -0.600. The Morgan fingerprint density at radius 2 is 1.75 bits per heavy atom. The van der Waals surface area contributed by atoms with Crippen molar-refractivity contribution in [2.24, 2.45) is 0 Å². The number of rotatable bonds is 0. The van der Waals surface area contributed by atoms with Gasteiger partial charge >= 0.3 is 0 Å². The zero-order valence-corrected chi connectivity index (χ0v) is 11.3. The van der Waals surface area contributed by atoms with Gasteiger partial charge in [0.2, 0.25) is 0 Å². The number of likely N-dealkylation sites (N-methyl/N-ethyl adjacent to an activating group) is 2. The highest BCUT2D eigenvalue weighted by Gasteiger charge is 2.48. The van der Waals surface area contributed by atoms with Crippen molar-refractivity contribution in [3.05, 3.63) is 22.8 Å². The topological polar surface area (TPSA) is 6.48 Å². The van der Waals surface area contributed by atoms with Gasteiger partial charge in [-0.3, -0.25) is 9.80 Å². The Kier molecular flexibility index (Phi) is 2.97. The molecule has 0 amide bonds. The fourth-order valence-corrected chi connectivity index (χ4v) is 3.12. The number of hydrogen-bond donors (Lipinski definition) is 0. The molecule has 0 saturated carbocycles. The summed E-state index contributed by atoms with van der Waals surface area (Å²) in [5.74, 6) is 0. The maximum atomic E-state index is 2.53. The van der Waals surface area contributed by atoms with E-state index in [1.165, 1.54) is 18.4 Å². The lowest BCUT2D eigenvalue weighted by Crippen LogP contribution is -2.50. The second-order valence-corrected chi connectivity index (χ2v) is 5.60. The van der Waals surface area contributed by atoms with E-state index in [2.05, 4.69) is 50.7 Å². The summed E-state index contributed by atoms with van der Waals surface area (Å²) in [6.45, 7) is 8.93. The Morgan fingerprint density at radius 3 is 2.19 bits per heavy atom. The highest BCUT2D eigenvalue weighted by Crippen LogP contribution is 2.43. The third-order valence-corrected chi connectivity index (χ3v) is 4.41.